The van der Waals surface area contributed by atoms with Gasteiger partial charge in [0.05, 0.1) is 11.9 Å². The molecule has 2 N–H and O–H groups in total. The molecule has 0 atom stereocenters. The summed E-state index contributed by atoms with van der Waals surface area (Å²) in [6.45, 7) is 2.70. The van der Waals surface area contributed by atoms with Crippen molar-refractivity contribution >= 4 is 33.5 Å². The van der Waals surface area contributed by atoms with Crippen LogP contribution in [0.2, 0.25) is 0 Å². The van der Waals surface area contributed by atoms with Crippen LogP contribution in [0.3, 0.4) is 0 Å². The Morgan fingerprint density at radius 2 is 2.00 bits per heavy atom. The number of amides is 1. The summed E-state index contributed by atoms with van der Waals surface area (Å²) >= 11 is 0. The van der Waals surface area contributed by atoms with Gasteiger partial charge in [-0.15, -0.1) is 0 Å². The largest absolute Gasteiger partial charge is 0.416 e. The molecule has 0 spiro atoms. The smallest absolute Gasteiger partial charge is 0.373 e. The Hall–Kier alpha value is -3.82. The fourth-order valence-corrected chi connectivity index (χ4v) is 3.79. The Labute approximate surface area is 193 Å². The van der Waals surface area contributed by atoms with Crippen LogP contribution in [0.15, 0.2) is 53.6 Å². The van der Waals surface area contributed by atoms with Crippen LogP contribution in [0.4, 0.5) is 18.9 Å². The van der Waals surface area contributed by atoms with Gasteiger partial charge in [0.15, 0.2) is 0 Å². The van der Waals surface area contributed by atoms with Crippen molar-refractivity contribution in [2.24, 2.45) is 0 Å². The van der Waals surface area contributed by atoms with Crippen LogP contribution in [0.25, 0.3) is 21.9 Å². The minimum absolute atomic E-state index is 0.0691. The quantitative estimate of drug-likeness (QED) is 0.429. The average molecular weight is 471 g/mol. The predicted molar refractivity (Wildman–Crippen MR) is 125 cm³/mol. The average Bonchev–Trinajstić information content (AvgIpc) is 3.17. The number of hydrogen-bond donors (Lipinski definition) is 2. The highest BCUT2D eigenvalue weighted by Crippen LogP contribution is 2.31. The number of carbonyl (C=O) groups is 1. The predicted octanol–water partition coefficient (Wildman–Crippen LogP) is 3.85. The van der Waals surface area contributed by atoms with Crippen LogP contribution < -0.4 is 15.8 Å². The lowest BCUT2D eigenvalue weighted by atomic mass is 10.2. The number of rotatable bonds is 7. The number of fused-ring (bicyclic) bond motifs is 3. The standard InChI is InChI=1S/C24H24F3N5O2/c1-15-6-7-19-18(12-15)21-22(30-19)23(34)32(14-29-21)10-8-20(33)28-9-11-31(2)17-5-3-4-16(13-17)24(25,26)27/h3-7,12-14,30H,8-11H2,1-2H3,(H,28,33). The number of aromatic nitrogens is 3. The first-order valence-corrected chi connectivity index (χ1v) is 10.8. The minimum atomic E-state index is -4.41. The number of nitrogens with zero attached hydrogens (tertiary/aromatic N) is 3. The Bertz CT molecular complexity index is 1410. The van der Waals surface area contributed by atoms with E-state index in [1.54, 1.807) is 18.0 Å². The van der Waals surface area contributed by atoms with Gasteiger partial charge >= 0.3 is 6.18 Å². The molecule has 4 rings (SSSR count). The Morgan fingerprint density at radius 1 is 1.21 bits per heavy atom. The van der Waals surface area contributed by atoms with E-state index in [9.17, 15) is 22.8 Å². The summed E-state index contributed by atoms with van der Waals surface area (Å²) < 4.78 is 40.1. The molecule has 0 radical (unpaired) electrons. The maximum Gasteiger partial charge on any atom is 0.416 e. The molecular formula is C24H24F3N5O2. The third-order valence-electron chi connectivity index (χ3n) is 5.69. The van der Waals surface area contributed by atoms with E-state index < -0.39 is 11.7 Å². The van der Waals surface area contributed by atoms with Gasteiger partial charge in [-0.25, -0.2) is 4.98 Å². The summed E-state index contributed by atoms with van der Waals surface area (Å²) in [6.07, 6.45) is -2.90. The van der Waals surface area contributed by atoms with Gasteiger partial charge < -0.3 is 15.2 Å². The molecule has 0 aliphatic heterocycles. The topological polar surface area (TPSA) is 83.0 Å². The third-order valence-corrected chi connectivity index (χ3v) is 5.69. The van der Waals surface area contributed by atoms with Crippen molar-refractivity contribution < 1.29 is 18.0 Å². The van der Waals surface area contributed by atoms with Crippen molar-refractivity contribution in [1.29, 1.82) is 0 Å². The van der Waals surface area contributed by atoms with Crippen LogP contribution in [-0.4, -0.2) is 40.6 Å². The van der Waals surface area contributed by atoms with Crippen molar-refractivity contribution in [3.63, 3.8) is 0 Å². The Morgan fingerprint density at radius 3 is 2.76 bits per heavy atom. The molecule has 178 valence electrons. The molecule has 2 aromatic carbocycles. The van der Waals surface area contributed by atoms with Crippen LogP contribution >= 0.6 is 0 Å². The van der Waals surface area contributed by atoms with Gasteiger partial charge in [-0.05, 0) is 37.3 Å². The van der Waals surface area contributed by atoms with E-state index in [1.165, 1.54) is 17.0 Å². The summed E-state index contributed by atoms with van der Waals surface area (Å²) in [4.78, 5) is 34.2. The summed E-state index contributed by atoms with van der Waals surface area (Å²) in [7, 11) is 1.66. The second-order valence-electron chi connectivity index (χ2n) is 8.21. The number of alkyl halides is 3. The summed E-state index contributed by atoms with van der Waals surface area (Å²) in [6, 6.07) is 10.8. The fraction of sp³-hybridized carbons (Fsp3) is 0.292. The number of aryl methyl sites for hydroxylation is 2. The molecule has 1 amide bonds. The van der Waals surface area contributed by atoms with Crippen molar-refractivity contribution in [1.82, 2.24) is 19.9 Å². The van der Waals surface area contributed by atoms with Gasteiger partial charge in [0.2, 0.25) is 5.91 Å². The summed E-state index contributed by atoms with van der Waals surface area (Å²) in [5.41, 5.74) is 2.31. The van der Waals surface area contributed by atoms with Gasteiger partial charge in [-0.3, -0.25) is 14.2 Å². The lowest BCUT2D eigenvalue weighted by Gasteiger charge is -2.20. The van der Waals surface area contributed by atoms with Gasteiger partial charge in [-0.2, -0.15) is 13.2 Å². The zero-order valence-corrected chi connectivity index (χ0v) is 18.7. The molecule has 2 aromatic heterocycles. The fourth-order valence-electron chi connectivity index (χ4n) is 3.79. The van der Waals surface area contributed by atoms with Crippen molar-refractivity contribution in [2.75, 3.05) is 25.0 Å². The van der Waals surface area contributed by atoms with E-state index in [-0.39, 0.29) is 31.0 Å². The molecule has 4 aromatic rings. The zero-order valence-electron chi connectivity index (χ0n) is 18.7. The third kappa shape index (κ3) is 4.90. The maximum absolute atomic E-state index is 12.9. The lowest BCUT2D eigenvalue weighted by Crippen LogP contribution is -2.34. The van der Waals surface area contributed by atoms with Gasteiger partial charge in [-0.1, -0.05) is 17.7 Å². The van der Waals surface area contributed by atoms with E-state index in [4.69, 9.17) is 0 Å². The lowest BCUT2D eigenvalue weighted by molar-refractivity contribution is -0.137. The van der Waals surface area contributed by atoms with Crippen LogP contribution in [-0.2, 0) is 17.5 Å². The molecular weight excluding hydrogens is 447 g/mol. The maximum atomic E-state index is 12.9. The Kier molecular flexibility index (Phi) is 6.32. The van der Waals surface area contributed by atoms with Crippen LogP contribution in [0, 0.1) is 6.92 Å². The molecule has 10 heteroatoms. The summed E-state index contributed by atoms with van der Waals surface area (Å²) in [5, 5.41) is 3.61. The molecule has 0 bridgehead atoms. The first-order chi connectivity index (χ1) is 16.1. The van der Waals surface area contributed by atoms with Crippen LogP contribution in [0.5, 0.6) is 0 Å². The van der Waals surface area contributed by atoms with Crippen molar-refractivity contribution in [3.8, 4) is 0 Å². The van der Waals surface area contributed by atoms with E-state index in [1.807, 2.05) is 25.1 Å². The molecule has 0 saturated carbocycles. The number of aromatic amines is 1. The van der Waals surface area contributed by atoms with Crippen LogP contribution in [0.1, 0.15) is 17.5 Å². The normalized spacial score (nSPS) is 11.8. The SMILES string of the molecule is Cc1ccc2[nH]c3c(=O)n(CCC(=O)NCCN(C)c4cccc(C(F)(F)F)c4)cnc3c2c1. The first-order valence-electron chi connectivity index (χ1n) is 10.8. The number of nitrogens with one attached hydrogen (secondary N) is 2. The van der Waals surface area contributed by atoms with E-state index >= 15 is 0 Å². The van der Waals surface area contributed by atoms with Crippen molar-refractivity contribution in [2.45, 2.75) is 26.1 Å². The number of carbonyl (C=O) groups excluding carboxylic acids is 1. The van der Waals surface area contributed by atoms with Gasteiger partial charge in [0.1, 0.15) is 11.0 Å². The number of anilines is 1. The number of H-pyrrole nitrogens is 1. The summed E-state index contributed by atoms with van der Waals surface area (Å²) in [5.74, 6) is -0.267. The number of hydrogen-bond acceptors (Lipinski definition) is 4. The van der Waals surface area contributed by atoms with E-state index in [2.05, 4.69) is 15.3 Å². The van der Waals surface area contributed by atoms with Gasteiger partial charge in [0, 0.05) is 49.7 Å². The number of halogens is 3. The molecule has 2 heterocycles. The van der Waals surface area contributed by atoms with E-state index in [0.29, 0.717) is 23.3 Å². The zero-order chi connectivity index (χ0) is 24.5. The van der Waals surface area contributed by atoms with Gasteiger partial charge in [0.25, 0.3) is 5.56 Å². The second-order valence-corrected chi connectivity index (χ2v) is 8.21. The molecule has 0 aliphatic carbocycles. The molecule has 7 nitrogen and oxygen atoms in total. The van der Waals surface area contributed by atoms with Crippen molar-refractivity contribution in [3.05, 3.63) is 70.3 Å². The molecule has 0 fully saturated rings. The highest BCUT2D eigenvalue weighted by atomic mass is 19.4. The highest BCUT2D eigenvalue weighted by Gasteiger charge is 2.30. The second kappa shape index (κ2) is 9.20. The molecule has 0 saturated heterocycles. The van der Waals surface area contributed by atoms with E-state index in [0.717, 1.165) is 28.6 Å². The minimum Gasteiger partial charge on any atom is -0.373 e. The number of likely N-dealkylation sites (N-methyl/N-ethyl adjacent to an activating group) is 1. The molecule has 0 aliphatic rings. The monoisotopic (exact) mass is 471 g/mol. The first kappa shape index (κ1) is 23.3. The Balaban J connectivity index is 1.33. The highest BCUT2D eigenvalue weighted by molar-refractivity contribution is 6.04. The molecule has 0 unspecified atom stereocenters. The number of benzene rings is 2. The molecule has 34 heavy (non-hydrogen) atoms.